The molecule has 0 radical (unpaired) electrons. The Morgan fingerprint density at radius 3 is 2.58 bits per heavy atom. The largest absolute Gasteiger partial charge is 0.368 e. The van der Waals surface area contributed by atoms with Crippen LogP contribution in [0.3, 0.4) is 0 Å². The van der Waals surface area contributed by atoms with Crippen LogP contribution in [-0.4, -0.2) is 46.3 Å². The van der Waals surface area contributed by atoms with Crippen molar-refractivity contribution in [3.8, 4) is 0 Å². The van der Waals surface area contributed by atoms with E-state index in [1.807, 2.05) is 31.2 Å². The third-order valence-electron chi connectivity index (χ3n) is 6.05. The quantitative estimate of drug-likeness (QED) is 0.342. The molecule has 0 atom stereocenters. The molecule has 0 saturated carbocycles. The first-order chi connectivity index (χ1) is 15.8. The van der Waals surface area contributed by atoms with Gasteiger partial charge in [0.1, 0.15) is 5.65 Å². The van der Waals surface area contributed by atoms with E-state index >= 15 is 0 Å². The molecule has 2 aromatic heterocycles. The van der Waals surface area contributed by atoms with Crippen molar-refractivity contribution in [1.29, 1.82) is 10.9 Å². The molecule has 8 heteroatoms. The smallest absolute Gasteiger partial charge is 0.258 e. The zero-order valence-corrected chi connectivity index (χ0v) is 19.5. The molecule has 2 N–H and O–H groups in total. The molecule has 33 heavy (non-hydrogen) atoms. The van der Waals surface area contributed by atoms with Gasteiger partial charge in [-0.3, -0.25) is 19.5 Å². The molecule has 0 spiro atoms. The highest BCUT2D eigenvalue weighted by Gasteiger charge is 2.22. The second-order valence-electron chi connectivity index (χ2n) is 9.19. The number of aromatic nitrogens is 2. The molecule has 1 saturated heterocycles. The molecule has 0 aliphatic carbocycles. The summed E-state index contributed by atoms with van der Waals surface area (Å²) in [7, 11) is 0. The van der Waals surface area contributed by atoms with Gasteiger partial charge in [-0.05, 0) is 54.7 Å². The molecular weight excluding hydrogens is 414 g/mol. The van der Waals surface area contributed by atoms with Crippen LogP contribution >= 0.6 is 0 Å². The third-order valence-corrected chi connectivity index (χ3v) is 6.05. The van der Waals surface area contributed by atoms with Crippen molar-refractivity contribution in [3.63, 3.8) is 0 Å². The number of rotatable bonds is 6. The number of hydrogen-bond acceptors (Lipinski definition) is 6. The number of anilines is 1. The van der Waals surface area contributed by atoms with Crippen molar-refractivity contribution in [2.24, 2.45) is 11.0 Å². The molecule has 1 aliphatic rings. The first-order valence-corrected chi connectivity index (χ1v) is 11.4. The predicted molar refractivity (Wildman–Crippen MR) is 131 cm³/mol. The Morgan fingerprint density at radius 1 is 1.12 bits per heavy atom. The summed E-state index contributed by atoms with van der Waals surface area (Å²) in [6, 6.07) is 11.6. The van der Waals surface area contributed by atoms with Gasteiger partial charge in [-0.2, -0.15) is 0 Å². The van der Waals surface area contributed by atoms with E-state index in [0.717, 1.165) is 49.5 Å². The Balaban J connectivity index is 1.50. The minimum Gasteiger partial charge on any atom is -0.368 e. The Labute approximate surface area is 193 Å². The molecule has 1 aliphatic heterocycles. The maximum absolute atomic E-state index is 12.5. The predicted octanol–water partition coefficient (Wildman–Crippen LogP) is 3.88. The van der Waals surface area contributed by atoms with E-state index in [1.165, 1.54) is 5.56 Å². The van der Waals surface area contributed by atoms with E-state index in [2.05, 4.69) is 34.8 Å². The van der Waals surface area contributed by atoms with E-state index in [9.17, 15) is 4.79 Å². The van der Waals surface area contributed by atoms with E-state index in [0.29, 0.717) is 23.7 Å². The molecule has 172 valence electrons. The lowest BCUT2D eigenvalue weighted by atomic mass is 9.99. The molecule has 3 heterocycles. The number of aryl methyl sites for hydroxylation is 1. The summed E-state index contributed by atoms with van der Waals surface area (Å²) < 4.78 is 1.58. The van der Waals surface area contributed by atoms with Gasteiger partial charge >= 0.3 is 0 Å². The molecule has 3 aromatic rings. The average Bonchev–Trinajstić information content (AvgIpc) is 2.78. The molecular formula is C25H31N7O. The van der Waals surface area contributed by atoms with Gasteiger partial charge in [-0.25, -0.2) is 10.5 Å². The number of pyridine rings is 1. The Hall–Kier alpha value is -3.39. The van der Waals surface area contributed by atoms with Crippen molar-refractivity contribution in [1.82, 2.24) is 14.3 Å². The van der Waals surface area contributed by atoms with Gasteiger partial charge in [-0.15, -0.1) is 5.11 Å². The molecule has 8 nitrogen and oxygen atoms in total. The summed E-state index contributed by atoms with van der Waals surface area (Å²) in [6.07, 6.45) is 2.75. The van der Waals surface area contributed by atoms with Gasteiger partial charge in [0, 0.05) is 56.2 Å². The SMILES string of the molecule is Cc1ccn2c(=O)cc(CN3CCN(c4cc(CC(C)C)ccc4C(=N)N=N)CC3)nc2c1. The summed E-state index contributed by atoms with van der Waals surface area (Å²) in [6.45, 7) is 10.3. The maximum atomic E-state index is 12.5. The van der Waals surface area contributed by atoms with Gasteiger partial charge in [-0.1, -0.05) is 19.9 Å². The Morgan fingerprint density at radius 2 is 1.88 bits per heavy atom. The summed E-state index contributed by atoms with van der Waals surface area (Å²) in [5, 5.41) is 11.5. The van der Waals surface area contributed by atoms with Gasteiger partial charge in [0.05, 0.1) is 5.69 Å². The summed E-state index contributed by atoms with van der Waals surface area (Å²) in [4.78, 5) is 21.8. The summed E-state index contributed by atoms with van der Waals surface area (Å²) in [5.74, 6) is 0.530. The van der Waals surface area contributed by atoms with Crippen LogP contribution in [0.4, 0.5) is 5.69 Å². The highest BCUT2D eigenvalue weighted by molar-refractivity contribution is 6.01. The maximum Gasteiger partial charge on any atom is 0.258 e. The number of amidine groups is 1. The van der Waals surface area contributed by atoms with Crippen molar-refractivity contribution < 1.29 is 0 Å². The molecule has 4 rings (SSSR count). The van der Waals surface area contributed by atoms with Crippen LogP contribution < -0.4 is 10.5 Å². The fraction of sp³-hybridized carbons (Fsp3) is 0.400. The molecule has 1 fully saturated rings. The second-order valence-corrected chi connectivity index (χ2v) is 9.19. The van der Waals surface area contributed by atoms with Crippen LogP contribution in [0.15, 0.2) is 52.5 Å². The van der Waals surface area contributed by atoms with Gasteiger partial charge < -0.3 is 4.90 Å². The second kappa shape index (κ2) is 9.62. The van der Waals surface area contributed by atoms with Gasteiger partial charge in [0.25, 0.3) is 5.56 Å². The summed E-state index contributed by atoms with van der Waals surface area (Å²) >= 11 is 0. The van der Waals surface area contributed by atoms with Crippen LogP contribution in [0.2, 0.25) is 0 Å². The highest BCUT2D eigenvalue weighted by atomic mass is 16.1. The van der Waals surface area contributed by atoms with Crippen LogP contribution in [-0.2, 0) is 13.0 Å². The standard InChI is InChI=1S/C25H31N7O/c1-17(2)12-19-4-5-21(25(26)29-27)22(14-19)31-10-8-30(9-11-31)16-20-15-24(33)32-7-6-18(3)13-23(32)28-20/h4-7,13-15,17,26-27H,8-12,16H2,1-3H3. The number of piperazine rings is 1. The van der Waals surface area contributed by atoms with Crippen molar-refractivity contribution in [2.45, 2.75) is 33.7 Å². The lowest BCUT2D eigenvalue weighted by Crippen LogP contribution is -2.46. The monoisotopic (exact) mass is 445 g/mol. The Bertz CT molecular complexity index is 1240. The number of nitrogens with one attached hydrogen (secondary N) is 2. The minimum absolute atomic E-state index is 0.0142. The Kier molecular flexibility index (Phi) is 6.65. The van der Waals surface area contributed by atoms with Crippen LogP contribution in [0.5, 0.6) is 0 Å². The van der Waals surface area contributed by atoms with Gasteiger partial charge in [0.2, 0.25) is 0 Å². The fourth-order valence-corrected chi connectivity index (χ4v) is 4.41. The fourth-order valence-electron chi connectivity index (χ4n) is 4.41. The number of fused-ring (bicyclic) bond motifs is 1. The van der Waals surface area contributed by atoms with Gasteiger partial charge in [0.15, 0.2) is 5.84 Å². The van der Waals surface area contributed by atoms with E-state index < -0.39 is 0 Å². The lowest BCUT2D eigenvalue weighted by molar-refractivity contribution is 0.247. The topological polar surface area (TPSA) is 101 Å². The van der Waals surface area contributed by atoms with Crippen molar-refractivity contribution in [2.75, 3.05) is 31.1 Å². The lowest BCUT2D eigenvalue weighted by Gasteiger charge is -2.37. The molecule has 0 bridgehead atoms. The van der Waals surface area contributed by atoms with E-state index in [-0.39, 0.29) is 11.4 Å². The molecule has 0 unspecified atom stereocenters. The van der Waals surface area contributed by atoms with Crippen molar-refractivity contribution >= 4 is 17.2 Å². The first-order valence-electron chi connectivity index (χ1n) is 11.4. The zero-order chi connectivity index (χ0) is 23.5. The van der Waals surface area contributed by atoms with Crippen molar-refractivity contribution in [3.05, 3.63) is 75.3 Å². The summed E-state index contributed by atoms with van der Waals surface area (Å²) in [5.41, 5.74) is 12.7. The highest BCUT2D eigenvalue weighted by Crippen LogP contribution is 2.26. The molecule has 1 aromatic carbocycles. The van der Waals surface area contributed by atoms with Crippen LogP contribution in [0.1, 0.15) is 36.2 Å². The minimum atomic E-state index is -0.0575. The molecule has 0 amide bonds. The average molecular weight is 446 g/mol. The number of benzene rings is 1. The van der Waals surface area contributed by atoms with Crippen LogP contribution in [0, 0.1) is 23.8 Å². The van der Waals surface area contributed by atoms with E-state index in [1.54, 1.807) is 16.7 Å². The van der Waals surface area contributed by atoms with E-state index in [4.69, 9.17) is 15.9 Å². The van der Waals surface area contributed by atoms with Crippen LogP contribution in [0.25, 0.3) is 5.65 Å². The third kappa shape index (κ3) is 5.17. The first kappa shape index (κ1) is 22.8. The number of nitrogens with zero attached hydrogens (tertiary/aromatic N) is 5. The zero-order valence-electron chi connectivity index (χ0n) is 19.5. The number of hydrogen-bond donors (Lipinski definition) is 2. The normalized spacial score (nSPS) is 14.7.